The molecule has 14 rings (SSSR count). The van der Waals surface area contributed by atoms with Crippen LogP contribution in [0.15, 0.2) is 239 Å². The highest BCUT2D eigenvalue weighted by molar-refractivity contribution is 6.28. The predicted octanol–water partition coefficient (Wildman–Crippen LogP) is 18.9. The van der Waals surface area contributed by atoms with E-state index in [2.05, 4.69) is 246 Å². The summed E-state index contributed by atoms with van der Waals surface area (Å²) < 4.78 is 13.7. The number of hydrogen-bond acceptors (Lipinski definition) is 4. The van der Waals surface area contributed by atoms with Gasteiger partial charge in [-0.15, -0.1) is 0 Å². The molecule has 1 aliphatic rings. The van der Waals surface area contributed by atoms with Crippen molar-refractivity contribution in [1.29, 1.82) is 0 Å². The molecule has 0 saturated carbocycles. The summed E-state index contributed by atoms with van der Waals surface area (Å²) in [5.74, 6) is 0.879. The second-order valence-corrected chi connectivity index (χ2v) is 17.9. The van der Waals surface area contributed by atoms with Crippen molar-refractivity contribution in [2.24, 2.45) is 0 Å². The van der Waals surface area contributed by atoms with Crippen LogP contribution in [0.3, 0.4) is 0 Å². The van der Waals surface area contributed by atoms with E-state index in [4.69, 9.17) is 8.83 Å². The van der Waals surface area contributed by atoms with Gasteiger partial charge >= 0.3 is 0 Å². The molecular formula is C65H42N2O2. The molecule has 11 aromatic carbocycles. The zero-order valence-electron chi connectivity index (χ0n) is 37.5. The van der Waals surface area contributed by atoms with Crippen LogP contribution in [0.2, 0.25) is 0 Å². The summed E-state index contributed by atoms with van der Waals surface area (Å²) in [5.41, 5.74) is 14.5. The van der Waals surface area contributed by atoms with Crippen molar-refractivity contribution in [2.45, 2.75) is 6.42 Å². The first-order chi connectivity index (χ1) is 34.2. The number of nitrogens with zero attached hydrogens (tertiary/aromatic N) is 2. The Hall–Kier alpha value is -9.12. The second kappa shape index (κ2) is 15.8. The minimum absolute atomic E-state index is 0.848. The quantitative estimate of drug-likeness (QED) is 0.142. The molecule has 0 N–H and O–H groups in total. The second-order valence-electron chi connectivity index (χ2n) is 17.9. The normalized spacial score (nSPS) is 12.5. The molecule has 0 atom stereocenters. The standard InChI is InChI=1S/C65H42N2O2/c1-4-16-42(17-5-1)46-20-12-22-48(40-46)66(58-28-14-26-52-50-24-8-3-9-30-60(50)68-64(52)58)56-38-34-44-33-37-55-57(39-35-45-32-36-54(56)62(44)63(45)55)67(49-23-13-21-47(41-49)43-18-6-2-7-19-43)59-29-15-27-53-51-25-10-11-31-61(51)69-65(53)59/h1-2,4-41H,3H2. The van der Waals surface area contributed by atoms with Crippen molar-refractivity contribution in [1.82, 2.24) is 0 Å². The lowest BCUT2D eigenvalue weighted by Gasteiger charge is -2.29. The first-order valence-corrected chi connectivity index (χ1v) is 23.6. The Kier molecular flexibility index (Phi) is 8.93. The Labute approximate surface area is 398 Å². The average Bonchev–Trinajstić information content (AvgIpc) is 3.89. The lowest BCUT2D eigenvalue weighted by Crippen LogP contribution is -2.12. The maximum absolute atomic E-state index is 6.89. The molecule has 13 aromatic rings. The highest BCUT2D eigenvalue weighted by atomic mass is 16.3. The molecule has 1 aliphatic carbocycles. The summed E-state index contributed by atoms with van der Waals surface area (Å²) in [6.07, 6.45) is 9.57. The van der Waals surface area contributed by atoms with Gasteiger partial charge in [0.15, 0.2) is 11.2 Å². The molecule has 0 fully saturated rings. The van der Waals surface area contributed by atoms with Gasteiger partial charge in [-0.2, -0.15) is 0 Å². The Morgan fingerprint density at radius 3 is 1.45 bits per heavy atom. The molecule has 4 heteroatoms. The number of fused-ring (bicyclic) bond motifs is 6. The molecule has 0 bridgehead atoms. The maximum atomic E-state index is 6.89. The highest BCUT2D eigenvalue weighted by Gasteiger charge is 2.26. The number of para-hydroxylation sites is 3. The Bertz CT molecular complexity index is 4180. The fourth-order valence-electron chi connectivity index (χ4n) is 10.8. The predicted molar refractivity (Wildman–Crippen MR) is 290 cm³/mol. The van der Waals surface area contributed by atoms with Crippen LogP contribution in [0.1, 0.15) is 17.7 Å². The van der Waals surface area contributed by atoms with Gasteiger partial charge in [0.1, 0.15) is 11.3 Å². The summed E-state index contributed by atoms with van der Waals surface area (Å²) in [7, 11) is 0. The monoisotopic (exact) mass is 882 g/mol. The molecule has 2 heterocycles. The van der Waals surface area contributed by atoms with E-state index in [1.807, 2.05) is 6.07 Å². The van der Waals surface area contributed by atoms with E-state index in [0.29, 0.717) is 0 Å². The van der Waals surface area contributed by atoms with E-state index in [0.717, 1.165) is 118 Å². The zero-order valence-corrected chi connectivity index (χ0v) is 37.5. The van der Waals surface area contributed by atoms with Crippen LogP contribution >= 0.6 is 0 Å². The molecule has 69 heavy (non-hydrogen) atoms. The molecule has 0 spiro atoms. The minimum atomic E-state index is 0.848. The third-order valence-corrected chi connectivity index (χ3v) is 14.0. The summed E-state index contributed by atoms with van der Waals surface area (Å²) in [5, 5.41) is 10.3. The number of hydrogen-bond donors (Lipinski definition) is 0. The Morgan fingerprint density at radius 2 is 0.826 bits per heavy atom. The number of allylic oxidation sites excluding steroid dienone is 2. The van der Waals surface area contributed by atoms with E-state index in [9.17, 15) is 0 Å². The lowest BCUT2D eigenvalue weighted by molar-refractivity contribution is 0.603. The Balaban J connectivity index is 1.03. The first-order valence-electron chi connectivity index (χ1n) is 23.6. The van der Waals surface area contributed by atoms with Crippen molar-refractivity contribution < 1.29 is 8.83 Å². The number of rotatable bonds is 8. The van der Waals surface area contributed by atoms with Crippen molar-refractivity contribution in [2.75, 3.05) is 9.80 Å². The number of furan rings is 2. The van der Waals surface area contributed by atoms with Crippen molar-refractivity contribution in [3.8, 4) is 22.3 Å². The molecule has 0 unspecified atom stereocenters. The maximum Gasteiger partial charge on any atom is 0.159 e. The molecule has 0 amide bonds. The van der Waals surface area contributed by atoms with Crippen LogP contribution < -0.4 is 9.80 Å². The van der Waals surface area contributed by atoms with Gasteiger partial charge in [0, 0.05) is 43.9 Å². The fraction of sp³-hybridized carbons (Fsp3) is 0.0154. The molecule has 324 valence electrons. The SMILES string of the molecule is C1=Cc2oc3c(N(c4cccc(-c5ccccc5)c4)c4ccc5ccc6c(N(c7cccc(-c8ccccc8)c7)c7cccc8c7oc7ccccc78)ccc7ccc4c5c76)cccc3c2C=CC1. The van der Waals surface area contributed by atoms with Gasteiger partial charge in [-0.1, -0.05) is 182 Å². The van der Waals surface area contributed by atoms with Crippen LogP contribution in [0.5, 0.6) is 0 Å². The molecular weight excluding hydrogens is 841 g/mol. The summed E-state index contributed by atoms with van der Waals surface area (Å²) >= 11 is 0. The summed E-state index contributed by atoms with van der Waals surface area (Å²) in [6.45, 7) is 0. The molecule has 0 radical (unpaired) electrons. The van der Waals surface area contributed by atoms with Gasteiger partial charge in [0.2, 0.25) is 0 Å². The van der Waals surface area contributed by atoms with E-state index in [1.165, 1.54) is 21.5 Å². The Morgan fingerprint density at radius 1 is 0.333 bits per heavy atom. The van der Waals surface area contributed by atoms with E-state index in [-0.39, 0.29) is 0 Å². The van der Waals surface area contributed by atoms with Crippen LogP contribution in [-0.4, -0.2) is 0 Å². The molecule has 0 aliphatic heterocycles. The minimum Gasteiger partial charge on any atom is -0.454 e. The van der Waals surface area contributed by atoms with Crippen molar-refractivity contribution in [3.05, 3.63) is 242 Å². The fourth-order valence-corrected chi connectivity index (χ4v) is 10.8. The summed E-state index contributed by atoms with van der Waals surface area (Å²) in [6, 6.07) is 78.7. The average molecular weight is 883 g/mol. The van der Waals surface area contributed by atoms with Gasteiger partial charge in [0.05, 0.1) is 22.7 Å². The van der Waals surface area contributed by atoms with Crippen molar-refractivity contribution in [3.63, 3.8) is 0 Å². The van der Waals surface area contributed by atoms with E-state index in [1.54, 1.807) is 0 Å². The molecule has 4 nitrogen and oxygen atoms in total. The largest absolute Gasteiger partial charge is 0.454 e. The third kappa shape index (κ3) is 6.30. The van der Waals surface area contributed by atoms with Gasteiger partial charge in [0.25, 0.3) is 0 Å². The van der Waals surface area contributed by atoms with Gasteiger partial charge in [-0.05, 0) is 111 Å². The van der Waals surface area contributed by atoms with Crippen LogP contribution in [0.4, 0.5) is 34.1 Å². The third-order valence-electron chi connectivity index (χ3n) is 14.0. The zero-order chi connectivity index (χ0) is 45.4. The number of benzene rings is 11. The smallest absolute Gasteiger partial charge is 0.159 e. The van der Waals surface area contributed by atoms with Crippen LogP contribution in [0.25, 0.3) is 99.6 Å². The molecule has 0 saturated heterocycles. The lowest BCUT2D eigenvalue weighted by atomic mass is 9.91. The number of anilines is 6. The molecule has 2 aromatic heterocycles. The topological polar surface area (TPSA) is 32.8 Å². The summed E-state index contributed by atoms with van der Waals surface area (Å²) in [4.78, 5) is 4.80. The van der Waals surface area contributed by atoms with E-state index < -0.39 is 0 Å². The highest BCUT2D eigenvalue weighted by Crippen LogP contribution is 2.51. The van der Waals surface area contributed by atoms with Crippen LogP contribution in [0, 0.1) is 0 Å². The van der Waals surface area contributed by atoms with Gasteiger partial charge in [-0.3, -0.25) is 0 Å². The van der Waals surface area contributed by atoms with Crippen molar-refractivity contribution >= 4 is 112 Å². The van der Waals surface area contributed by atoms with Crippen LogP contribution in [-0.2, 0) is 0 Å². The van der Waals surface area contributed by atoms with E-state index >= 15 is 0 Å². The van der Waals surface area contributed by atoms with Gasteiger partial charge in [-0.25, -0.2) is 0 Å². The first kappa shape index (κ1) is 39.1. The van der Waals surface area contributed by atoms with Gasteiger partial charge < -0.3 is 18.6 Å².